The molecule has 2 aliphatic rings. The highest BCUT2D eigenvalue weighted by molar-refractivity contribution is 7.90. The van der Waals surface area contributed by atoms with Gasteiger partial charge in [-0.3, -0.25) is 4.98 Å². The largest absolute Gasteiger partial charge is 0.382 e. The van der Waals surface area contributed by atoms with Gasteiger partial charge in [0.2, 0.25) is 0 Å². The number of halogens is 2. The molecule has 0 radical (unpaired) electrons. The van der Waals surface area contributed by atoms with Gasteiger partial charge in [0, 0.05) is 61.0 Å². The number of rotatable bonds is 11. The van der Waals surface area contributed by atoms with Crippen LogP contribution in [0.2, 0.25) is 0 Å². The van der Waals surface area contributed by atoms with Gasteiger partial charge in [0.15, 0.2) is 5.82 Å². The first-order chi connectivity index (χ1) is 21.5. The van der Waals surface area contributed by atoms with Gasteiger partial charge in [-0.1, -0.05) is 0 Å². The number of hydrogen-bond donors (Lipinski definition) is 2. The van der Waals surface area contributed by atoms with E-state index in [0.29, 0.717) is 53.0 Å². The highest BCUT2D eigenvalue weighted by Gasteiger charge is 2.37. The molecule has 2 saturated carbocycles. The summed E-state index contributed by atoms with van der Waals surface area (Å²) in [4.78, 5) is 20.0. The van der Waals surface area contributed by atoms with Crippen molar-refractivity contribution in [1.82, 2.24) is 34.0 Å². The maximum absolute atomic E-state index is 13.9. The molecule has 14 heteroatoms. The van der Waals surface area contributed by atoms with Crippen LogP contribution in [-0.4, -0.2) is 74.4 Å². The van der Waals surface area contributed by atoms with Crippen molar-refractivity contribution in [3.8, 4) is 22.6 Å². The average Bonchev–Trinajstić information content (AvgIpc) is 3.75. The molecule has 2 N–H and O–H groups in total. The monoisotopic (exact) mass is 637 g/mol. The molecule has 4 aromatic rings. The Kier molecular flexibility index (Phi) is 8.53. The summed E-state index contributed by atoms with van der Waals surface area (Å²) in [6, 6.07) is 6.79. The van der Waals surface area contributed by atoms with Gasteiger partial charge in [-0.2, -0.15) is 9.19 Å². The summed E-state index contributed by atoms with van der Waals surface area (Å²) in [5.74, 6) is -1.04. The topological polar surface area (TPSA) is 131 Å². The second-order valence-corrected chi connectivity index (χ2v) is 14.4. The van der Waals surface area contributed by atoms with Crippen molar-refractivity contribution in [3.05, 3.63) is 60.8 Å². The number of nitrogens with zero attached hydrogens (tertiary/aromatic N) is 7. The van der Waals surface area contributed by atoms with E-state index in [4.69, 9.17) is 0 Å². The fourth-order valence-corrected chi connectivity index (χ4v) is 7.14. The van der Waals surface area contributed by atoms with Crippen molar-refractivity contribution in [2.75, 3.05) is 31.3 Å². The molecule has 11 nitrogen and oxygen atoms in total. The first-order valence-electron chi connectivity index (χ1n) is 15.1. The smallest absolute Gasteiger partial charge is 0.272 e. The Morgan fingerprint density at radius 2 is 1.76 bits per heavy atom. The van der Waals surface area contributed by atoms with Crippen LogP contribution in [0, 0.1) is 5.92 Å². The Balaban J connectivity index is 1.24. The lowest BCUT2D eigenvalue weighted by Crippen LogP contribution is -2.31. The van der Waals surface area contributed by atoms with Gasteiger partial charge in [0.25, 0.3) is 15.9 Å². The number of nitrogens with one attached hydrogen (secondary N) is 2. The molecular formula is C31H37F2N9O2S. The standard InChI is InChI=1S/C31H37F2N9O2S/c1-31(32,33)22-6-11-26(35-16-22)25-17-36-29(14-27(25)38-23-7-4-20(5-8-23)18-41(2)3)39-28-12-13-34-30(40-28)21-15-37-42(19-21)45(43,44)24-9-10-24/h6,11-17,19-20,23-24H,4-5,7-10,18H2,1-3H3,(H2,34,36,38,39,40). The predicted octanol–water partition coefficient (Wildman–Crippen LogP) is 5.53. The molecule has 2 fully saturated rings. The first kappa shape index (κ1) is 31.0. The first-order valence-corrected chi connectivity index (χ1v) is 16.6. The zero-order valence-corrected chi connectivity index (χ0v) is 26.3. The van der Waals surface area contributed by atoms with Crippen LogP contribution in [0.1, 0.15) is 51.0 Å². The molecule has 4 heterocycles. The highest BCUT2D eigenvalue weighted by Crippen LogP contribution is 2.35. The van der Waals surface area contributed by atoms with E-state index in [9.17, 15) is 17.2 Å². The molecule has 2 aliphatic carbocycles. The quantitative estimate of drug-likeness (QED) is 0.217. The third-order valence-electron chi connectivity index (χ3n) is 8.22. The minimum Gasteiger partial charge on any atom is -0.382 e. The molecule has 0 atom stereocenters. The Morgan fingerprint density at radius 3 is 2.42 bits per heavy atom. The van der Waals surface area contributed by atoms with Crippen LogP contribution >= 0.6 is 0 Å². The van der Waals surface area contributed by atoms with Crippen LogP contribution in [0.4, 0.5) is 26.1 Å². The molecule has 45 heavy (non-hydrogen) atoms. The molecule has 238 valence electrons. The van der Waals surface area contributed by atoms with Gasteiger partial charge in [0.05, 0.1) is 28.9 Å². The molecule has 4 aromatic heterocycles. The lowest BCUT2D eigenvalue weighted by molar-refractivity contribution is 0.0171. The van der Waals surface area contributed by atoms with E-state index in [-0.39, 0.29) is 16.9 Å². The number of anilines is 3. The number of aromatic nitrogens is 6. The fourth-order valence-electron chi connectivity index (χ4n) is 5.66. The van der Waals surface area contributed by atoms with Crippen molar-refractivity contribution in [1.29, 1.82) is 0 Å². The van der Waals surface area contributed by atoms with Gasteiger partial charge in [-0.15, -0.1) is 0 Å². The van der Waals surface area contributed by atoms with E-state index < -0.39 is 15.9 Å². The molecule has 0 aromatic carbocycles. The average molecular weight is 638 g/mol. The summed E-state index contributed by atoms with van der Waals surface area (Å²) in [5.41, 5.74) is 2.35. The Morgan fingerprint density at radius 1 is 0.978 bits per heavy atom. The summed E-state index contributed by atoms with van der Waals surface area (Å²) in [5, 5.41) is 10.6. The minimum absolute atomic E-state index is 0.151. The van der Waals surface area contributed by atoms with Crippen LogP contribution in [-0.2, 0) is 15.9 Å². The third-order valence-corrected chi connectivity index (χ3v) is 10.3. The van der Waals surface area contributed by atoms with Crippen LogP contribution in [0.3, 0.4) is 0 Å². The molecule has 0 unspecified atom stereocenters. The van der Waals surface area contributed by atoms with Crippen molar-refractivity contribution in [2.24, 2.45) is 5.92 Å². The van der Waals surface area contributed by atoms with Crippen molar-refractivity contribution in [3.63, 3.8) is 0 Å². The van der Waals surface area contributed by atoms with Crippen LogP contribution in [0.15, 0.2) is 55.2 Å². The lowest BCUT2D eigenvalue weighted by atomic mass is 9.85. The van der Waals surface area contributed by atoms with Crippen LogP contribution < -0.4 is 10.6 Å². The van der Waals surface area contributed by atoms with E-state index >= 15 is 0 Å². The van der Waals surface area contributed by atoms with Crippen molar-refractivity contribution < 1.29 is 17.2 Å². The predicted molar refractivity (Wildman–Crippen MR) is 169 cm³/mol. The summed E-state index contributed by atoms with van der Waals surface area (Å²) >= 11 is 0. The highest BCUT2D eigenvalue weighted by atomic mass is 32.2. The van der Waals surface area contributed by atoms with Crippen molar-refractivity contribution in [2.45, 2.75) is 62.7 Å². The lowest BCUT2D eigenvalue weighted by Gasteiger charge is -2.31. The molecule has 6 rings (SSSR count). The van der Waals surface area contributed by atoms with Gasteiger partial charge in [-0.05, 0) is 76.7 Å². The van der Waals surface area contributed by atoms with E-state index in [2.05, 4.69) is 54.7 Å². The molecule has 0 saturated heterocycles. The van der Waals surface area contributed by atoms with Gasteiger partial charge in [0.1, 0.15) is 11.6 Å². The van der Waals surface area contributed by atoms with Crippen molar-refractivity contribution >= 4 is 27.3 Å². The summed E-state index contributed by atoms with van der Waals surface area (Å²) < 4.78 is 53.8. The van der Waals surface area contributed by atoms with Gasteiger partial charge >= 0.3 is 0 Å². The van der Waals surface area contributed by atoms with Gasteiger partial charge < -0.3 is 15.5 Å². The number of hydrogen-bond acceptors (Lipinski definition) is 10. The summed E-state index contributed by atoms with van der Waals surface area (Å²) in [6.07, 6.45) is 12.9. The molecular weight excluding hydrogens is 600 g/mol. The van der Waals surface area contributed by atoms with Gasteiger partial charge in [-0.25, -0.2) is 32.2 Å². The van der Waals surface area contributed by atoms with Crippen LogP contribution in [0.5, 0.6) is 0 Å². The maximum Gasteiger partial charge on any atom is 0.272 e. The van der Waals surface area contributed by atoms with Crippen LogP contribution in [0.25, 0.3) is 22.6 Å². The zero-order valence-electron chi connectivity index (χ0n) is 25.5. The molecule has 0 aliphatic heterocycles. The number of pyridine rings is 2. The normalized spacial score (nSPS) is 19.1. The van der Waals surface area contributed by atoms with E-state index in [1.807, 2.05) is 6.07 Å². The van der Waals surface area contributed by atoms with E-state index in [1.54, 1.807) is 24.5 Å². The van der Waals surface area contributed by atoms with E-state index in [0.717, 1.165) is 48.9 Å². The molecule has 0 spiro atoms. The number of alkyl halides is 2. The third kappa shape index (κ3) is 7.28. The molecule has 0 amide bonds. The second-order valence-electron chi connectivity index (χ2n) is 12.3. The zero-order chi connectivity index (χ0) is 31.8. The summed E-state index contributed by atoms with van der Waals surface area (Å²) in [7, 11) is 0.697. The van der Waals surface area contributed by atoms with E-state index in [1.165, 1.54) is 24.7 Å². The minimum atomic E-state index is -3.50. The SMILES string of the molecule is CN(C)CC1CCC(Nc2cc(Nc3ccnc(-c4cnn(S(=O)(=O)C5CC5)c4)n3)ncc2-c2ccc(C(C)(F)F)cn2)CC1. The molecule has 0 bridgehead atoms. The Hall–Kier alpha value is -4.04. The Labute approximate surface area is 261 Å². The fraction of sp³-hybridized carbons (Fsp3) is 0.452. The maximum atomic E-state index is 13.9. The summed E-state index contributed by atoms with van der Waals surface area (Å²) in [6.45, 7) is 1.92. The second kappa shape index (κ2) is 12.4. The Bertz CT molecular complexity index is 1750.